The van der Waals surface area contributed by atoms with E-state index < -0.39 is 10.0 Å². The van der Waals surface area contributed by atoms with Crippen LogP contribution < -0.4 is 5.73 Å². The van der Waals surface area contributed by atoms with Gasteiger partial charge in [0.15, 0.2) is 0 Å². The third kappa shape index (κ3) is 3.13. The largest absolute Gasteiger partial charge is 0.399 e. The van der Waals surface area contributed by atoms with Gasteiger partial charge in [-0.1, -0.05) is 6.92 Å². The predicted molar refractivity (Wildman–Crippen MR) is 80.9 cm³/mol. The zero-order chi connectivity index (χ0) is 14.8. The Labute approximate surface area is 121 Å². The number of benzene rings is 1. The van der Waals surface area contributed by atoms with Gasteiger partial charge in [0, 0.05) is 24.8 Å². The Morgan fingerprint density at radius 3 is 2.50 bits per heavy atom. The molecule has 0 spiro atoms. The Morgan fingerprint density at radius 2 is 1.90 bits per heavy atom. The number of hydrogen-bond donors (Lipinski definition) is 1. The molecule has 1 fully saturated rings. The fourth-order valence-electron chi connectivity index (χ4n) is 2.65. The lowest BCUT2D eigenvalue weighted by Crippen LogP contribution is -2.43. The van der Waals surface area contributed by atoms with Crippen molar-refractivity contribution in [3.8, 4) is 0 Å². The lowest BCUT2D eigenvalue weighted by molar-refractivity contribution is 0.270. The maximum Gasteiger partial charge on any atom is 0.243 e. The average molecular weight is 297 g/mol. The number of anilines is 1. The number of hydrogen-bond acceptors (Lipinski definition) is 4. The minimum Gasteiger partial charge on any atom is -0.399 e. The summed E-state index contributed by atoms with van der Waals surface area (Å²) in [6.45, 7) is 4.33. The Hall–Kier alpha value is -1.11. The summed E-state index contributed by atoms with van der Waals surface area (Å²) in [4.78, 5) is 2.53. The van der Waals surface area contributed by atoms with E-state index >= 15 is 0 Å². The molecule has 0 saturated carbocycles. The number of nitrogens with zero attached hydrogens (tertiary/aromatic N) is 2. The molecule has 2 N–H and O–H groups in total. The summed E-state index contributed by atoms with van der Waals surface area (Å²) < 4.78 is 27.2. The molecule has 6 heteroatoms. The highest BCUT2D eigenvalue weighted by molar-refractivity contribution is 7.89. The number of nitrogen functional groups attached to an aromatic ring is 1. The van der Waals surface area contributed by atoms with Crippen LogP contribution in [0.3, 0.4) is 0 Å². The molecule has 0 bridgehead atoms. The first-order chi connectivity index (χ1) is 9.45. The quantitative estimate of drug-likeness (QED) is 0.856. The predicted octanol–water partition coefficient (Wildman–Crippen LogP) is 1.37. The van der Waals surface area contributed by atoms with Crippen LogP contribution in [0, 0.1) is 0 Å². The third-order valence-electron chi connectivity index (χ3n) is 3.81. The van der Waals surface area contributed by atoms with Crippen LogP contribution in [0.25, 0.3) is 0 Å². The number of rotatable bonds is 3. The summed E-state index contributed by atoms with van der Waals surface area (Å²) in [6, 6.07) is 6.48. The van der Waals surface area contributed by atoms with Gasteiger partial charge in [-0.3, -0.25) is 0 Å². The molecule has 0 aliphatic carbocycles. The molecule has 1 unspecified atom stereocenters. The van der Waals surface area contributed by atoms with Crippen LogP contribution in [-0.2, 0) is 10.0 Å². The molecule has 0 radical (unpaired) electrons. The highest BCUT2D eigenvalue weighted by Gasteiger charge is 2.32. The maximum absolute atomic E-state index is 12.8. The van der Waals surface area contributed by atoms with Crippen molar-refractivity contribution in [2.75, 3.05) is 32.4 Å². The molecule has 1 aromatic carbocycles. The Morgan fingerprint density at radius 1 is 1.25 bits per heavy atom. The van der Waals surface area contributed by atoms with Crippen molar-refractivity contribution in [1.82, 2.24) is 9.21 Å². The fraction of sp³-hybridized carbons (Fsp3) is 0.571. The van der Waals surface area contributed by atoms with Crippen molar-refractivity contribution < 1.29 is 8.42 Å². The highest BCUT2D eigenvalue weighted by Crippen LogP contribution is 2.23. The van der Waals surface area contributed by atoms with Gasteiger partial charge in [-0.25, -0.2) is 8.42 Å². The first kappa shape index (κ1) is 15.3. The second-order valence-corrected chi connectivity index (χ2v) is 7.25. The zero-order valence-corrected chi connectivity index (χ0v) is 12.9. The van der Waals surface area contributed by atoms with E-state index in [1.807, 2.05) is 14.0 Å². The standard InChI is InChI=1S/C14H23N3O2S/c1-3-13-11-16(2)9-4-10-17(13)20(18,19)14-7-5-12(15)6-8-14/h5-8,13H,3-4,9-11,15H2,1-2H3. The molecule has 5 nitrogen and oxygen atoms in total. The van der Waals surface area contributed by atoms with E-state index in [0.29, 0.717) is 17.1 Å². The van der Waals surface area contributed by atoms with Crippen LogP contribution in [0.4, 0.5) is 5.69 Å². The normalized spacial score (nSPS) is 22.6. The zero-order valence-electron chi connectivity index (χ0n) is 12.1. The van der Waals surface area contributed by atoms with E-state index in [-0.39, 0.29) is 6.04 Å². The summed E-state index contributed by atoms with van der Waals surface area (Å²) in [6.07, 6.45) is 1.68. The smallest absolute Gasteiger partial charge is 0.243 e. The summed E-state index contributed by atoms with van der Waals surface area (Å²) in [5.41, 5.74) is 6.21. The second-order valence-electron chi connectivity index (χ2n) is 5.36. The van der Waals surface area contributed by atoms with E-state index in [0.717, 1.165) is 25.9 Å². The van der Waals surface area contributed by atoms with Crippen LogP contribution in [0.1, 0.15) is 19.8 Å². The Bertz CT molecular complexity index is 542. The maximum atomic E-state index is 12.8. The summed E-state index contributed by atoms with van der Waals surface area (Å²) in [7, 11) is -1.39. The molecule has 1 aliphatic heterocycles. The van der Waals surface area contributed by atoms with Crippen LogP contribution in [0.15, 0.2) is 29.2 Å². The first-order valence-electron chi connectivity index (χ1n) is 7.01. The molecule has 1 aliphatic rings. The molecule has 1 heterocycles. The number of nitrogens with two attached hydrogens (primary N) is 1. The third-order valence-corrected chi connectivity index (χ3v) is 5.77. The van der Waals surface area contributed by atoms with Gasteiger partial charge in [-0.2, -0.15) is 4.31 Å². The van der Waals surface area contributed by atoms with Crippen molar-refractivity contribution in [2.24, 2.45) is 0 Å². The van der Waals surface area contributed by atoms with Crippen LogP contribution in [0.2, 0.25) is 0 Å². The van der Waals surface area contributed by atoms with Crippen LogP contribution in [-0.4, -0.2) is 50.3 Å². The fourth-order valence-corrected chi connectivity index (χ4v) is 4.37. The van der Waals surface area contributed by atoms with Gasteiger partial charge in [0.05, 0.1) is 4.90 Å². The molecule has 2 rings (SSSR count). The van der Waals surface area contributed by atoms with Gasteiger partial charge in [-0.05, 0) is 50.7 Å². The molecule has 1 atom stereocenters. The lowest BCUT2D eigenvalue weighted by Gasteiger charge is -2.29. The topological polar surface area (TPSA) is 66.6 Å². The van der Waals surface area contributed by atoms with Crippen molar-refractivity contribution in [3.05, 3.63) is 24.3 Å². The summed E-state index contributed by atoms with van der Waals surface area (Å²) >= 11 is 0. The lowest BCUT2D eigenvalue weighted by atomic mass is 10.2. The van der Waals surface area contributed by atoms with Gasteiger partial charge < -0.3 is 10.6 Å². The first-order valence-corrected chi connectivity index (χ1v) is 8.45. The number of sulfonamides is 1. The minimum absolute atomic E-state index is 0.0325. The molecular formula is C14H23N3O2S. The van der Waals surface area contributed by atoms with Gasteiger partial charge >= 0.3 is 0 Å². The highest BCUT2D eigenvalue weighted by atomic mass is 32.2. The Kier molecular flexibility index (Phi) is 4.67. The molecule has 1 saturated heterocycles. The van der Waals surface area contributed by atoms with Crippen molar-refractivity contribution in [1.29, 1.82) is 0 Å². The molecule has 0 aromatic heterocycles. The van der Waals surface area contributed by atoms with Gasteiger partial charge in [-0.15, -0.1) is 0 Å². The van der Waals surface area contributed by atoms with Gasteiger partial charge in [0.25, 0.3) is 0 Å². The van der Waals surface area contributed by atoms with E-state index in [2.05, 4.69) is 4.90 Å². The van der Waals surface area contributed by atoms with E-state index in [1.54, 1.807) is 28.6 Å². The van der Waals surface area contributed by atoms with Gasteiger partial charge in [0.1, 0.15) is 0 Å². The van der Waals surface area contributed by atoms with Crippen molar-refractivity contribution in [2.45, 2.75) is 30.7 Å². The van der Waals surface area contributed by atoms with E-state index in [4.69, 9.17) is 5.73 Å². The van der Waals surface area contributed by atoms with Gasteiger partial charge in [0.2, 0.25) is 10.0 Å². The number of likely N-dealkylation sites (N-methyl/N-ethyl adjacent to an activating group) is 1. The van der Waals surface area contributed by atoms with E-state index in [9.17, 15) is 8.42 Å². The molecule has 0 amide bonds. The summed E-state index contributed by atoms with van der Waals surface area (Å²) in [5.74, 6) is 0. The molecule has 1 aromatic rings. The van der Waals surface area contributed by atoms with Crippen LogP contribution in [0.5, 0.6) is 0 Å². The van der Waals surface area contributed by atoms with E-state index in [1.165, 1.54) is 0 Å². The average Bonchev–Trinajstić information content (AvgIpc) is 2.61. The minimum atomic E-state index is -3.44. The summed E-state index contributed by atoms with van der Waals surface area (Å²) in [5, 5.41) is 0. The SMILES string of the molecule is CCC1CN(C)CCCN1S(=O)(=O)c1ccc(N)cc1. The van der Waals surface area contributed by atoms with Crippen molar-refractivity contribution >= 4 is 15.7 Å². The van der Waals surface area contributed by atoms with Crippen LogP contribution >= 0.6 is 0 Å². The molecular weight excluding hydrogens is 274 g/mol. The molecule has 20 heavy (non-hydrogen) atoms. The monoisotopic (exact) mass is 297 g/mol. The second kappa shape index (κ2) is 6.11. The Balaban J connectivity index is 2.33. The van der Waals surface area contributed by atoms with Crippen molar-refractivity contribution in [3.63, 3.8) is 0 Å². The molecule has 112 valence electrons.